The van der Waals surface area contributed by atoms with E-state index in [9.17, 15) is 15.0 Å². The molecule has 0 radical (unpaired) electrons. The molecule has 0 aromatic heterocycles. The van der Waals surface area contributed by atoms with Gasteiger partial charge < -0.3 is 14.9 Å². The van der Waals surface area contributed by atoms with Crippen LogP contribution < -0.4 is 0 Å². The number of hydrogen-bond donors (Lipinski definition) is 2. The van der Waals surface area contributed by atoms with E-state index in [2.05, 4.69) is 78.0 Å². The Morgan fingerprint density at radius 1 is 0.878 bits per heavy atom. The van der Waals surface area contributed by atoms with Crippen LogP contribution >= 0.6 is 0 Å². The van der Waals surface area contributed by atoms with Crippen LogP contribution in [-0.4, -0.2) is 28.4 Å². The lowest BCUT2D eigenvalue weighted by molar-refractivity contribution is -0.220. The van der Waals surface area contributed by atoms with Gasteiger partial charge in [0.2, 0.25) is 0 Å². The monoisotopic (exact) mass is 562 g/mol. The largest absolute Gasteiger partial charge is 0.481 e. The van der Waals surface area contributed by atoms with Crippen LogP contribution in [-0.2, 0) is 16.1 Å². The second-order valence-electron chi connectivity index (χ2n) is 16.9. The number of rotatable bonds is 4. The summed E-state index contributed by atoms with van der Waals surface area (Å²) in [7, 11) is 0. The minimum absolute atomic E-state index is 0.00566. The molecule has 226 valence electrons. The predicted molar refractivity (Wildman–Crippen MR) is 163 cm³/mol. The molecule has 3 unspecified atom stereocenters. The van der Waals surface area contributed by atoms with Gasteiger partial charge in [0.05, 0.1) is 24.2 Å². The number of fused-ring (bicyclic) bond motifs is 7. The first-order chi connectivity index (χ1) is 19.1. The maximum atomic E-state index is 12.7. The number of aliphatic hydroxyl groups excluding tert-OH is 1. The molecular weight excluding hydrogens is 508 g/mol. The summed E-state index contributed by atoms with van der Waals surface area (Å²) in [5.41, 5.74) is 2.34. The average molecular weight is 563 g/mol. The summed E-state index contributed by atoms with van der Waals surface area (Å²) in [5.74, 6) is 0.125. The molecule has 10 atom stereocenters. The van der Waals surface area contributed by atoms with E-state index in [1.807, 2.05) is 6.92 Å². The van der Waals surface area contributed by atoms with Crippen LogP contribution in [0.4, 0.5) is 0 Å². The van der Waals surface area contributed by atoms with Gasteiger partial charge in [-0.15, -0.1) is 0 Å². The summed E-state index contributed by atoms with van der Waals surface area (Å²) in [4.78, 5) is 12.7. The van der Waals surface area contributed by atoms with E-state index in [0.717, 1.165) is 32.1 Å². The summed E-state index contributed by atoms with van der Waals surface area (Å²) in [6.45, 7) is 17.4. The van der Waals surface area contributed by atoms with Crippen molar-refractivity contribution in [2.45, 2.75) is 125 Å². The summed E-state index contributed by atoms with van der Waals surface area (Å²) in [5, 5.41) is 21.4. The number of allylic oxidation sites excluding steroid dienone is 2. The number of ether oxygens (including phenoxy) is 1. The topological polar surface area (TPSA) is 66.8 Å². The zero-order valence-electron chi connectivity index (χ0n) is 26.6. The predicted octanol–water partition coefficient (Wildman–Crippen LogP) is 8.43. The molecule has 1 aromatic rings. The van der Waals surface area contributed by atoms with Crippen molar-refractivity contribution in [3.63, 3.8) is 0 Å². The molecule has 4 fully saturated rings. The van der Waals surface area contributed by atoms with Gasteiger partial charge in [0.1, 0.15) is 0 Å². The zero-order chi connectivity index (χ0) is 29.6. The normalized spacial score (nSPS) is 48.6. The molecule has 0 bridgehead atoms. The third-order valence-electron chi connectivity index (χ3n) is 14.5. The first kappa shape index (κ1) is 29.4. The highest BCUT2D eigenvalue weighted by Crippen LogP contribution is 2.75. The van der Waals surface area contributed by atoms with Crippen molar-refractivity contribution >= 4 is 5.97 Å². The number of aliphatic hydroxyl groups is 1. The maximum absolute atomic E-state index is 12.7. The molecule has 4 nitrogen and oxygen atoms in total. The Balaban J connectivity index is 1.36. The van der Waals surface area contributed by atoms with E-state index in [0.29, 0.717) is 24.9 Å². The number of carboxylic acid groups (broad SMARTS) is 1. The summed E-state index contributed by atoms with van der Waals surface area (Å²) in [6, 6.07) is 10.6. The van der Waals surface area contributed by atoms with Gasteiger partial charge in [-0.2, -0.15) is 0 Å². The molecule has 5 aliphatic carbocycles. The van der Waals surface area contributed by atoms with Gasteiger partial charge in [-0.3, -0.25) is 4.79 Å². The molecule has 0 aliphatic heterocycles. The smallest absolute Gasteiger partial charge is 0.312 e. The number of hydrogen-bond acceptors (Lipinski definition) is 3. The lowest BCUT2D eigenvalue weighted by Crippen LogP contribution is -2.66. The van der Waals surface area contributed by atoms with Crippen LogP contribution in [0.15, 0.2) is 42.0 Å². The van der Waals surface area contributed by atoms with Crippen molar-refractivity contribution in [2.24, 2.45) is 50.2 Å². The first-order valence-corrected chi connectivity index (χ1v) is 16.4. The van der Waals surface area contributed by atoms with E-state index < -0.39 is 17.5 Å². The van der Waals surface area contributed by atoms with Crippen molar-refractivity contribution in [2.75, 3.05) is 0 Å². The Hall–Kier alpha value is -1.65. The summed E-state index contributed by atoms with van der Waals surface area (Å²) < 4.78 is 6.86. The number of carboxylic acids is 1. The Morgan fingerprint density at radius 2 is 1.59 bits per heavy atom. The maximum Gasteiger partial charge on any atom is 0.312 e. The zero-order valence-corrected chi connectivity index (χ0v) is 26.6. The van der Waals surface area contributed by atoms with Crippen molar-refractivity contribution in [1.29, 1.82) is 0 Å². The molecule has 0 spiro atoms. The molecule has 6 rings (SSSR count). The Labute approximate surface area is 248 Å². The van der Waals surface area contributed by atoms with Gasteiger partial charge >= 0.3 is 5.97 Å². The minimum atomic E-state index is -1.07. The lowest BCUT2D eigenvalue weighted by atomic mass is 9.33. The number of carbonyl (C=O) groups is 1. The molecule has 0 saturated heterocycles. The van der Waals surface area contributed by atoms with E-state index >= 15 is 0 Å². The van der Waals surface area contributed by atoms with Crippen molar-refractivity contribution in [1.82, 2.24) is 0 Å². The average Bonchev–Trinajstić information content (AvgIpc) is 2.91. The standard InChI is InChI=1S/C37H54O4/c1-32(2)21-26-25-13-14-27-34(4)17-16-29(38)37(7,31(39)40)28(34)15-18-36(27,6)35(25,5)20-19-33(26,3)30(22-32)41-23-24-11-9-8-10-12-24/h8-13,26-30,38H,14-23H2,1-7H3,(H,39,40)/t26-,27?,28?,29-,30+,33+,34?,35+,36+,37+/m0/s1. The fraction of sp³-hybridized carbons (Fsp3) is 0.757. The fourth-order valence-electron chi connectivity index (χ4n) is 11.6. The lowest BCUT2D eigenvalue weighted by Gasteiger charge is -2.71. The molecule has 5 aliphatic rings. The first-order valence-electron chi connectivity index (χ1n) is 16.4. The van der Waals surface area contributed by atoms with Gasteiger partial charge in [-0.1, -0.05) is 83.5 Å². The van der Waals surface area contributed by atoms with Gasteiger partial charge in [-0.25, -0.2) is 0 Å². The van der Waals surface area contributed by atoms with Gasteiger partial charge in [0.15, 0.2) is 0 Å². The highest BCUT2D eigenvalue weighted by atomic mass is 16.5. The third-order valence-corrected chi connectivity index (χ3v) is 14.5. The van der Waals surface area contributed by atoms with Crippen LogP contribution in [0, 0.1) is 50.2 Å². The van der Waals surface area contributed by atoms with Crippen molar-refractivity contribution in [3.05, 3.63) is 47.5 Å². The molecule has 4 saturated carbocycles. The van der Waals surface area contributed by atoms with Crippen LogP contribution in [0.3, 0.4) is 0 Å². The van der Waals surface area contributed by atoms with E-state index in [4.69, 9.17) is 4.74 Å². The van der Waals surface area contributed by atoms with Crippen molar-refractivity contribution in [3.8, 4) is 0 Å². The SMILES string of the molecule is CC1(C)C[C@@H](OCc2ccccc2)[C@]2(C)CC[C@]3(C)C(=CCC4C5(C)CC[C@H](O)[C@](C)(C(=O)O)C5CC[C@]43C)[C@@H]2C1. The molecule has 0 amide bonds. The van der Waals surface area contributed by atoms with Crippen LogP contribution in [0.5, 0.6) is 0 Å². The highest BCUT2D eigenvalue weighted by Gasteiger charge is 2.70. The molecule has 4 heteroatoms. The number of benzene rings is 1. The van der Waals surface area contributed by atoms with Gasteiger partial charge in [0.25, 0.3) is 0 Å². The van der Waals surface area contributed by atoms with E-state index in [1.54, 1.807) is 5.57 Å². The minimum Gasteiger partial charge on any atom is -0.481 e. The van der Waals surface area contributed by atoms with Crippen LogP contribution in [0.2, 0.25) is 0 Å². The number of aliphatic carboxylic acids is 1. The molecule has 2 N–H and O–H groups in total. The summed E-state index contributed by atoms with van der Waals surface area (Å²) in [6.07, 6.45) is 11.2. The second kappa shape index (κ2) is 9.42. The fourth-order valence-corrected chi connectivity index (χ4v) is 11.6. The molecule has 1 aromatic carbocycles. The highest BCUT2D eigenvalue weighted by molar-refractivity contribution is 5.76. The van der Waals surface area contributed by atoms with Crippen LogP contribution in [0.25, 0.3) is 0 Å². The van der Waals surface area contributed by atoms with E-state index in [1.165, 1.54) is 24.8 Å². The van der Waals surface area contributed by atoms with Gasteiger partial charge in [-0.05, 0) is 110 Å². The Bertz CT molecular complexity index is 1220. The Kier molecular flexibility index (Phi) is 6.76. The molecular formula is C37H54O4. The second-order valence-corrected chi connectivity index (χ2v) is 16.9. The van der Waals surface area contributed by atoms with Crippen molar-refractivity contribution < 1.29 is 19.7 Å². The molecule has 0 heterocycles. The molecule has 41 heavy (non-hydrogen) atoms. The van der Waals surface area contributed by atoms with E-state index in [-0.39, 0.29) is 39.1 Å². The Morgan fingerprint density at radius 3 is 2.27 bits per heavy atom. The van der Waals surface area contributed by atoms with Gasteiger partial charge in [0, 0.05) is 5.41 Å². The van der Waals surface area contributed by atoms with Crippen LogP contribution in [0.1, 0.15) is 112 Å². The third kappa shape index (κ3) is 4.01. The quantitative estimate of drug-likeness (QED) is 0.362. The summed E-state index contributed by atoms with van der Waals surface area (Å²) >= 11 is 0.